The number of aliphatic carboxylic acids is 1. The molecule has 2 unspecified atom stereocenters. The monoisotopic (exact) mass is 272 g/mol. The van der Waals surface area contributed by atoms with Gasteiger partial charge in [-0.25, -0.2) is 4.79 Å². The van der Waals surface area contributed by atoms with Crippen molar-refractivity contribution >= 4 is 12.1 Å². The second kappa shape index (κ2) is 6.23. The highest BCUT2D eigenvalue weighted by Gasteiger charge is 2.31. The van der Waals surface area contributed by atoms with Crippen LogP contribution in [-0.2, 0) is 9.53 Å². The molecule has 6 heteroatoms. The summed E-state index contributed by atoms with van der Waals surface area (Å²) in [6.07, 6.45) is 0.946. The van der Waals surface area contributed by atoms with Crippen LogP contribution < -0.4 is 5.32 Å². The van der Waals surface area contributed by atoms with Crippen molar-refractivity contribution < 1.29 is 19.4 Å². The lowest BCUT2D eigenvalue weighted by molar-refractivity contribution is -0.139. The zero-order valence-corrected chi connectivity index (χ0v) is 12.1. The highest BCUT2D eigenvalue weighted by molar-refractivity contribution is 5.73. The van der Waals surface area contributed by atoms with Crippen LogP contribution in [0.1, 0.15) is 40.5 Å². The molecule has 2 N–H and O–H groups in total. The maximum atomic E-state index is 11.9. The number of nitrogens with one attached hydrogen (secondary N) is 1. The molecule has 110 valence electrons. The van der Waals surface area contributed by atoms with Gasteiger partial charge in [-0.2, -0.15) is 0 Å². The summed E-state index contributed by atoms with van der Waals surface area (Å²) >= 11 is 0. The highest BCUT2D eigenvalue weighted by Crippen LogP contribution is 2.15. The van der Waals surface area contributed by atoms with Gasteiger partial charge >= 0.3 is 12.1 Å². The van der Waals surface area contributed by atoms with Crippen molar-refractivity contribution in [2.24, 2.45) is 0 Å². The first-order chi connectivity index (χ1) is 8.73. The minimum absolute atomic E-state index is 0.0218. The molecule has 1 saturated heterocycles. The van der Waals surface area contributed by atoms with Crippen LogP contribution in [0.15, 0.2) is 0 Å². The Morgan fingerprint density at radius 1 is 1.47 bits per heavy atom. The van der Waals surface area contributed by atoms with E-state index < -0.39 is 17.6 Å². The summed E-state index contributed by atoms with van der Waals surface area (Å²) < 4.78 is 5.29. The van der Waals surface area contributed by atoms with Crippen molar-refractivity contribution in [3.05, 3.63) is 0 Å². The van der Waals surface area contributed by atoms with Crippen molar-refractivity contribution in [1.29, 1.82) is 0 Å². The molecular formula is C13H24N2O4. The molecule has 0 bridgehead atoms. The van der Waals surface area contributed by atoms with E-state index in [1.165, 1.54) is 0 Å². The van der Waals surface area contributed by atoms with Gasteiger partial charge in [0.05, 0.1) is 0 Å². The van der Waals surface area contributed by atoms with Crippen LogP contribution in [0.2, 0.25) is 0 Å². The predicted octanol–water partition coefficient (Wildman–Crippen LogP) is 1.45. The van der Waals surface area contributed by atoms with Gasteiger partial charge in [0.15, 0.2) is 0 Å². The van der Waals surface area contributed by atoms with Crippen LogP contribution in [0.5, 0.6) is 0 Å². The number of carboxylic acid groups (broad SMARTS) is 1. The molecule has 2 atom stereocenters. The number of carboxylic acids is 1. The van der Waals surface area contributed by atoms with E-state index in [-0.39, 0.29) is 12.1 Å². The number of hydrogen-bond donors (Lipinski definition) is 2. The van der Waals surface area contributed by atoms with E-state index >= 15 is 0 Å². The Bertz CT molecular complexity index is 338. The fourth-order valence-corrected chi connectivity index (χ4v) is 2.04. The summed E-state index contributed by atoms with van der Waals surface area (Å²) in [5, 5.41) is 12.1. The molecule has 0 aromatic heterocycles. The van der Waals surface area contributed by atoms with Crippen LogP contribution >= 0.6 is 0 Å². The van der Waals surface area contributed by atoms with Crippen molar-refractivity contribution in [2.45, 2.75) is 58.2 Å². The fourth-order valence-electron chi connectivity index (χ4n) is 2.04. The van der Waals surface area contributed by atoms with Crippen LogP contribution in [0.4, 0.5) is 4.79 Å². The zero-order chi connectivity index (χ0) is 14.6. The Balaban J connectivity index is 2.45. The van der Waals surface area contributed by atoms with Crippen molar-refractivity contribution in [1.82, 2.24) is 10.2 Å². The van der Waals surface area contributed by atoms with Crippen LogP contribution in [0.3, 0.4) is 0 Å². The third-order valence-corrected chi connectivity index (χ3v) is 2.98. The van der Waals surface area contributed by atoms with Gasteiger partial charge in [-0.15, -0.1) is 0 Å². The second-order valence-electron chi connectivity index (χ2n) is 5.88. The van der Waals surface area contributed by atoms with E-state index in [0.717, 1.165) is 6.42 Å². The van der Waals surface area contributed by atoms with E-state index in [0.29, 0.717) is 19.5 Å². The number of amides is 1. The number of nitrogens with zero attached hydrogens (tertiary/aromatic N) is 1. The van der Waals surface area contributed by atoms with E-state index in [2.05, 4.69) is 5.32 Å². The molecule has 0 aromatic rings. The van der Waals surface area contributed by atoms with E-state index in [1.54, 1.807) is 4.90 Å². The maximum absolute atomic E-state index is 11.9. The number of rotatable bonds is 4. The molecule has 0 saturated carbocycles. The Labute approximate surface area is 114 Å². The molecule has 0 aromatic carbocycles. The molecule has 1 rings (SSSR count). The summed E-state index contributed by atoms with van der Waals surface area (Å²) in [6.45, 7) is 8.41. The summed E-state index contributed by atoms with van der Waals surface area (Å²) in [7, 11) is 0. The van der Waals surface area contributed by atoms with Crippen LogP contribution in [-0.4, -0.2) is 52.8 Å². The number of ether oxygens (including phenoxy) is 1. The van der Waals surface area contributed by atoms with Gasteiger partial charge in [0.25, 0.3) is 0 Å². The molecule has 1 aliphatic heterocycles. The van der Waals surface area contributed by atoms with Crippen molar-refractivity contribution in [3.63, 3.8) is 0 Å². The molecule has 1 heterocycles. The second-order valence-corrected chi connectivity index (χ2v) is 5.88. The van der Waals surface area contributed by atoms with Crippen molar-refractivity contribution in [2.75, 3.05) is 13.1 Å². The summed E-state index contributed by atoms with van der Waals surface area (Å²) in [5.74, 6) is -0.849. The molecule has 0 aliphatic carbocycles. The molecule has 1 amide bonds. The van der Waals surface area contributed by atoms with Crippen LogP contribution in [0.25, 0.3) is 0 Å². The summed E-state index contributed by atoms with van der Waals surface area (Å²) in [4.78, 5) is 24.4. The van der Waals surface area contributed by atoms with Gasteiger partial charge in [-0.3, -0.25) is 10.1 Å². The molecule has 1 aliphatic rings. The quantitative estimate of drug-likeness (QED) is 0.809. The molecule has 19 heavy (non-hydrogen) atoms. The lowest BCUT2D eigenvalue weighted by Gasteiger charge is -2.24. The molecule has 0 radical (unpaired) electrons. The standard InChI is InChI=1S/C13H24N2O4/c1-5-10(11(16)17)14-9-6-7-15(8-9)12(18)19-13(2,3)4/h9-10,14H,5-8H2,1-4H3,(H,16,17). The lowest BCUT2D eigenvalue weighted by atomic mass is 10.2. The van der Waals surface area contributed by atoms with Gasteiger partial charge < -0.3 is 14.7 Å². The summed E-state index contributed by atoms with van der Waals surface area (Å²) in [6, 6.07) is -0.530. The average Bonchev–Trinajstić information content (AvgIpc) is 2.71. The number of carbonyl (C=O) groups is 2. The van der Waals surface area contributed by atoms with Gasteiger partial charge in [0, 0.05) is 19.1 Å². The SMILES string of the molecule is CCC(NC1CCN(C(=O)OC(C)(C)C)C1)C(=O)O. The van der Waals surface area contributed by atoms with E-state index in [9.17, 15) is 9.59 Å². The Kier molecular flexibility index (Phi) is 5.17. The first kappa shape index (κ1) is 15.8. The Hall–Kier alpha value is -1.30. The van der Waals surface area contributed by atoms with Gasteiger partial charge in [0.2, 0.25) is 0 Å². The zero-order valence-electron chi connectivity index (χ0n) is 12.1. The topological polar surface area (TPSA) is 78.9 Å². The maximum Gasteiger partial charge on any atom is 0.410 e. The number of likely N-dealkylation sites (tertiary alicyclic amines) is 1. The first-order valence-corrected chi connectivity index (χ1v) is 6.69. The van der Waals surface area contributed by atoms with Gasteiger partial charge in [0.1, 0.15) is 11.6 Å². The Morgan fingerprint density at radius 3 is 2.58 bits per heavy atom. The predicted molar refractivity (Wildman–Crippen MR) is 71.1 cm³/mol. The normalized spacial score (nSPS) is 21.3. The van der Waals surface area contributed by atoms with E-state index in [4.69, 9.17) is 9.84 Å². The lowest BCUT2D eigenvalue weighted by Crippen LogP contribution is -2.45. The highest BCUT2D eigenvalue weighted by atomic mass is 16.6. The molecule has 1 fully saturated rings. The smallest absolute Gasteiger partial charge is 0.410 e. The van der Waals surface area contributed by atoms with Gasteiger partial charge in [-0.1, -0.05) is 6.92 Å². The van der Waals surface area contributed by atoms with Gasteiger partial charge in [-0.05, 0) is 33.6 Å². The average molecular weight is 272 g/mol. The minimum atomic E-state index is -0.849. The van der Waals surface area contributed by atoms with Crippen molar-refractivity contribution in [3.8, 4) is 0 Å². The molecule has 0 spiro atoms. The van der Waals surface area contributed by atoms with E-state index in [1.807, 2.05) is 27.7 Å². The molecule has 6 nitrogen and oxygen atoms in total. The largest absolute Gasteiger partial charge is 0.480 e. The fraction of sp³-hybridized carbons (Fsp3) is 0.846. The summed E-state index contributed by atoms with van der Waals surface area (Å²) in [5.41, 5.74) is -0.504. The molecular weight excluding hydrogens is 248 g/mol. The Morgan fingerprint density at radius 2 is 2.11 bits per heavy atom. The third-order valence-electron chi connectivity index (χ3n) is 2.98. The number of hydrogen-bond acceptors (Lipinski definition) is 4. The van der Waals surface area contributed by atoms with Crippen LogP contribution in [0, 0.1) is 0 Å². The first-order valence-electron chi connectivity index (χ1n) is 6.69. The third kappa shape index (κ3) is 5.06. The minimum Gasteiger partial charge on any atom is -0.480 e. The number of carbonyl (C=O) groups excluding carboxylic acids is 1.